The van der Waals surface area contributed by atoms with Crippen molar-refractivity contribution < 1.29 is 4.79 Å². The predicted octanol–water partition coefficient (Wildman–Crippen LogP) is 3.42. The lowest BCUT2D eigenvalue weighted by atomic mass is 10.1. The maximum Gasteiger partial charge on any atom is 0.224 e. The molecular weight excluding hydrogens is 308 g/mol. The number of hydrogen-bond donors (Lipinski definition) is 1. The summed E-state index contributed by atoms with van der Waals surface area (Å²) in [5.41, 5.74) is 8.18. The topological polar surface area (TPSA) is 46.3 Å². The van der Waals surface area contributed by atoms with E-state index in [-0.39, 0.29) is 24.4 Å². The van der Waals surface area contributed by atoms with Crippen LogP contribution in [0.2, 0.25) is 0 Å². The Balaban J connectivity index is 0.00000264. The lowest BCUT2D eigenvalue weighted by Gasteiger charge is -2.24. The van der Waals surface area contributed by atoms with Crippen molar-refractivity contribution >= 4 is 18.3 Å². The van der Waals surface area contributed by atoms with E-state index < -0.39 is 0 Å². The lowest BCUT2D eigenvalue weighted by Crippen LogP contribution is -2.35. The van der Waals surface area contributed by atoms with Gasteiger partial charge in [0.1, 0.15) is 0 Å². The molecular formula is C19H25ClN2O. The Morgan fingerprint density at radius 2 is 1.52 bits per heavy atom. The highest BCUT2D eigenvalue weighted by Crippen LogP contribution is 2.09. The Morgan fingerprint density at radius 3 is 2.04 bits per heavy atom. The molecule has 0 saturated carbocycles. The quantitative estimate of drug-likeness (QED) is 0.844. The van der Waals surface area contributed by atoms with Crippen molar-refractivity contribution in [2.45, 2.75) is 32.4 Å². The minimum atomic E-state index is -0.109. The number of halogens is 1. The summed E-state index contributed by atoms with van der Waals surface area (Å²) < 4.78 is 0. The molecule has 0 bridgehead atoms. The van der Waals surface area contributed by atoms with Crippen molar-refractivity contribution in [2.75, 3.05) is 6.54 Å². The average Bonchev–Trinajstić information content (AvgIpc) is 2.52. The summed E-state index contributed by atoms with van der Waals surface area (Å²) in [6.07, 6.45) is 1.25. The smallest absolute Gasteiger partial charge is 0.224 e. The van der Waals surface area contributed by atoms with E-state index in [1.54, 1.807) is 0 Å². The first-order valence-electron chi connectivity index (χ1n) is 7.76. The van der Waals surface area contributed by atoms with Crippen molar-refractivity contribution in [1.29, 1.82) is 0 Å². The van der Waals surface area contributed by atoms with Gasteiger partial charge in [-0.2, -0.15) is 0 Å². The molecule has 1 atom stereocenters. The van der Waals surface area contributed by atoms with Crippen LogP contribution in [0.1, 0.15) is 24.5 Å². The standard InChI is InChI=1S/C19H24N2O.ClH/c1-16(20)14-19(22)21(15-18-10-6-3-7-11-18)13-12-17-8-4-2-5-9-17;/h2-11,16H,12-15,20H2,1H3;1H. The molecule has 0 aromatic heterocycles. The van der Waals surface area contributed by atoms with Gasteiger partial charge in [0.25, 0.3) is 0 Å². The van der Waals surface area contributed by atoms with Gasteiger partial charge in [-0.3, -0.25) is 4.79 Å². The molecule has 2 rings (SSSR count). The molecule has 3 nitrogen and oxygen atoms in total. The highest BCUT2D eigenvalue weighted by molar-refractivity contribution is 5.85. The number of carbonyl (C=O) groups excluding carboxylic acids is 1. The summed E-state index contributed by atoms with van der Waals surface area (Å²) in [6.45, 7) is 3.22. The summed E-state index contributed by atoms with van der Waals surface area (Å²) in [7, 11) is 0. The molecule has 0 saturated heterocycles. The first kappa shape index (κ1) is 19.2. The van der Waals surface area contributed by atoms with Crippen molar-refractivity contribution in [2.24, 2.45) is 5.73 Å². The molecule has 2 aromatic rings. The minimum absolute atomic E-state index is 0. The third kappa shape index (κ3) is 6.85. The zero-order chi connectivity index (χ0) is 15.8. The van der Waals surface area contributed by atoms with Gasteiger partial charge in [-0.25, -0.2) is 0 Å². The van der Waals surface area contributed by atoms with Crippen molar-refractivity contribution in [3.05, 3.63) is 71.8 Å². The molecule has 2 N–H and O–H groups in total. The first-order valence-corrected chi connectivity index (χ1v) is 7.76. The van der Waals surface area contributed by atoms with E-state index in [2.05, 4.69) is 24.3 Å². The fourth-order valence-corrected chi connectivity index (χ4v) is 2.41. The fraction of sp³-hybridized carbons (Fsp3) is 0.316. The normalized spacial score (nSPS) is 11.4. The largest absolute Gasteiger partial charge is 0.338 e. The SMILES string of the molecule is CC(N)CC(=O)N(CCc1ccccc1)Cc1ccccc1.Cl. The Bertz CT molecular complexity index is 572. The van der Waals surface area contributed by atoms with E-state index in [4.69, 9.17) is 5.73 Å². The lowest BCUT2D eigenvalue weighted by molar-refractivity contribution is -0.132. The number of nitrogens with zero attached hydrogens (tertiary/aromatic N) is 1. The number of hydrogen-bond acceptors (Lipinski definition) is 2. The van der Waals surface area contributed by atoms with E-state index in [9.17, 15) is 4.79 Å². The summed E-state index contributed by atoms with van der Waals surface area (Å²) >= 11 is 0. The van der Waals surface area contributed by atoms with Crippen LogP contribution in [0.4, 0.5) is 0 Å². The maximum atomic E-state index is 12.4. The Labute approximate surface area is 144 Å². The molecule has 1 unspecified atom stereocenters. The van der Waals surface area contributed by atoms with Crippen molar-refractivity contribution in [3.63, 3.8) is 0 Å². The van der Waals surface area contributed by atoms with E-state index in [1.807, 2.05) is 48.2 Å². The molecule has 0 spiro atoms. The fourth-order valence-electron chi connectivity index (χ4n) is 2.41. The van der Waals surface area contributed by atoms with Gasteiger partial charge in [0.15, 0.2) is 0 Å². The highest BCUT2D eigenvalue weighted by atomic mass is 35.5. The third-order valence-corrected chi connectivity index (χ3v) is 3.58. The van der Waals surface area contributed by atoms with E-state index >= 15 is 0 Å². The molecule has 4 heteroatoms. The summed E-state index contributed by atoms with van der Waals surface area (Å²) in [6, 6.07) is 20.2. The third-order valence-electron chi connectivity index (χ3n) is 3.58. The molecule has 124 valence electrons. The number of amides is 1. The van der Waals surface area contributed by atoms with Crippen LogP contribution in [-0.2, 0) is 17.8 Å². The van der Waals surface area contributed by atoms with Crippen LogP contribution >= 0.6 is 12.4 Å². The van der Waals surface area contributed by atoms with Crippen molar-refractivity contribution in [1.82, 2.24) is 4.90 Å². The number of rotatable bonds is 7. The molecule has 23 heavy (non-hydrogen) atoms. The Kier molecular flexibility index (Phi) is 8.38. The Morgan fingerprint density at radius 1 is 1.00 bits per heavy atom. The van der Waals surface area contributed by atoms with Gasteiger partial charge < -0.3 is 10.6 Å². The first-order chi connectivity index (χ1) is 10.6. The molecule has 0 radical (unpaired) electrons. The zero-order valence-corrected chi connectivity index (χ0v) is 14.3. The molecule has 2 aromatic carbocycles. The Hall–Kier alpha value is -1.84. The van der Waals surface area contributed by atoms with Crippen LogP contribution in [0.15, 0.2) is 60.7 Å². The van der Waals surface area contributed by atoms with Gasteiger partial charge in [0.05, 0.1) is 0 Å². The minimum Gasteiger partial charge on any atom is -0.338 e. The summed E-state index contributed by atoms with van der Waals surface area (Å²) in [5.74, 6) is 0.120. The summed E-state index contributed by atoms with van der Waals surface area (Å²) in [4.78, 5) is 14.3. The van der Waals surface area contributed by atoms with Crippen LogP contribution in [0.5, 0.6) is 0 Å². The van der Waals surface area contributed by atoms with E-state index in [1.165, 1.54) is 5.56 Å². The van der Waals surface area contributed by atoms with Gasteiger partial charge in [-0.15, -0.1) is 12.4 Å². The average molecular weight is 333 g/mol. The van der Waals surface area contributed by atoms with Gasteiger partial charge in [-0.1, -0.05) is 60.7 Å². The maximum absolute atomic E-state index is 12.4. The molecule has 0 aliphatic carbocycles. The zero-order valence-electron chi connectivity index (χ0n) is 13.5. The molecule has 0 aliphatic heterocycles. The van der Waals surface area contributed by atoms with Crippen LogP contribution in [-0.4, -0.2) is 23.4 Å². The van der Waals surface area contributed by atoms with Crippen LogP contribution in [0.3, 0.4) is 0 Å². The van der Waals surface area contributed by atoms with Crippen molar-refractivity contribution in [3.8, 4) is 0 Å². The molecule has 0 aliphatic rings. The number of benzene rings is 2. The molecule has 1 amide bonds. The number of carbonyl (C=O) groups is 1. The van der Waals surface area contributed by atoms with Crippen LogP contribution in [0.25, 0.3) is 0 Å². The molecule has 0 heterocycles. The highest BCUT2D eigenvalue weighted by Gasteiger charge is 2.15. The van der Waals surface area contributed by atoms with Crippen LogP contribution in [0, 0.1) is 0 Å². The second kappa shape index (κ2) is 10.0. The van der Waals surface area contributed by atoms with E-state index in [0.717, 1.165) is 12.0 Å². The van der Waals surface area contributed by atoms with Gasteiger partial charge in [0.2, 0.25) is 5.91 Å². The number of nitrogens with two attached hydrogens (primary N) is 1. The van der Waals surface area contributed by atoms with E-state index in [0.29, 0.717) is 19.5 Å². The van der Waals surface area contributed by atoms with Gasteiger partial charge in [-0.05, 0) is 24.5 Å². The van der Waals surface area contributed by atoms with Crippen LogP contribution < -0.4 is 5.73 Å². The van der Waals surface area contributed by atoms with Gasteiger partial charge in [0, 0.05) is 25.6 Å². The summed E-state index contributed by atoms with van der Waals surface area (Å²) in [5, 5.41) is 0. The second-order valence-electron chi connectivity index (χ2n) is 5.72. The molecule has 0 fully saturated rings. The monoisotopic (exact) mass is 332 g/mol. The van der Waals surface area contributed by atoms with Gasteiger partial charge >= 0.3 is 0 Å². The second-order valence-corrected chi connectivity index (χ2v) is 5.72. The predicted molar refractivity (Wildman–Crippen MR) is 97.5 cm³/mol.